The summed E-state index contributed by atoms with van der Waals surface area (Å²) < 4.78 is 6.84. The lowest BCUT2D eigenvalue weighted by Crippen LogP contribution is -2.24. The van der Waals surface area contributed by atoms with Crippen LogP contribution in [-0.2, 0) is 17.7 Å². The molecule has 0 aromatic carbocycles. The molecule has 5 heteroatoms. The number of ketones is 2. The van der Waals surface area contributed by atoms with Crippen LogP contribution in [0.15, 0.2) is 11.3 Å². The van der Waals surface area contributed by atoms with Gasteiger partial charge in [-0.05, 0) is 19.8 Å². The molecule has 0 saturated heterocycles. The molecule has 0 atom stereocenters. The third-order valence-corrected chi connectivity index (χ3v) is 3.86. The maximum absolute atomic E-state index is 12.4. The van der Waals surface area contributed by atoms with E-state index < -0.39 is 0 Å². The van der Waals surface area contributed by atoms with Crippen LogP contribution < -0.4 is 0 Å². The first kappa shape index (κ1) is 11.9. The number of carbonyl (C=O) groups is 3. The molecular weight excluding hydrogens is 246 g/mol. The molecule has 0 fully saturated rings. The van der Waals surface area contributed by atoms with Crippen LogP contribution in [0.2, 0.25) is 0 Å². The predicted octanol–water partition coefficient (Wildman–Crippen LogP) is 1.55. The molecule has 0 spiro atoms. The van der Waals surface area contributed by atoms with Gasteiger partial charge in [0, 0.05) is 23.4 Å². The van der Waals surface area contributed by atoms with Gasteiger partial charge < -0.3 is 9.30 Å². The van der Waals surface area contributed by atoms with E-state index in [2.05, 4.69) is 0 Å². The zero-order chi connectivity index (χ0) is 13.7. The Labute approximate surface area is 109 Å². The number of hydrogen-bond donors (Lipinski definition) is 0. The quantitative estimate of drug-likeness (QED) is 0.756. The molecule has 0 bridgehead atoms. The van der Waals surface area contributed by atoms with E-state index in [4.69, 9.17) is 4.74 Å². The number of Topliss-reactive ketones (excluding diaryl/α,β-unsaturated/α-hetero) is 2. The first-order chi connectivity index (χ1) is 9.11. The van der Waals surface area contributed by atoms with Gasteiger partial charge in [-0.3, -0.25) is 14.4 Å². The summed E-state index contributed by atoms with van der Waals surface area (Å²) in [5.41, 5.74) is 2.04. The molecule has 0 N–H and O–H groups in total. The van der Waals surface area contributed by atoms with E-state index >= 15 is 0 Å². The Morgan fingerprint density at radius 2 is 2.00 bits per heavy atom. The summed E-state index contributed by atoms with van der Waals surface area (Å²) in [6, 6.07) is 0. The van der Waals surface area contributed by atoms with Crippen LogP contribution >= 0.6 is 0 Å². The molecule has 98 valence electrons. The average molecular weight is 259 g/mol. The van der Waals surface area contributed by atoms with Gasteiger partial charge in [0.25, 0.3) is 0 Å². The second-order valence-electron chi connectivity index (χ2n) is 4.77. The van der Waals surface area contributed by atoms with Crippen LogP contribution in [0.4, 0.5) is 0 Å². The van der Waals surface area contributed by atoms with Gasteiger partial charge in [-0.25, -0.2) is 0 Å². The van der Waals surface area contributed by atoms with E-state index in [0.29, 0.717) is 29.7 Å². The lowest BCUT2D eigenvalue weighted by atomic mass is 9.91. The van der Waals surface area contributed by atoms with Crippen molar-refractivity contribution in [2.24, 2.45) is 0 Å². The highest BCUT2D eigenvalue weighted by atomic mass is 16.5. The maximum Gasteiger partial charge on any atom is 0.230 e. The lowest BCUT2D eigenvalue weighted by Gasteiger charge is -2.17. The second kappa shape index (κ2) is 3.91. The minimum Gasteiger partial charge on any atom is -0.492 e. The van der Waals surface area contributed by atoms with Crippen molar-refractivity contribution < 1.29 is 19.1 Å². The largest absolute Gasteiger partial charge is 0.492 e. The van der Waals surface area contributed by atoms with Crippen LogP contribution in [-0.4, -0.2) is 29.5 Å². The zero-order valence-electron chi connectivity index (χ0n) is 10.8. The molecule has 2 heterocycles. The number of ether oxygens (including phenoxy) is 1. The standard InChI is InChI=1S/C14H13NO4/c1-7-12(17)11-10(13(18)14(7)19-2)8(6-16)9-4-3-5-15(9)11/h6H,3-5H2,1-2H3. The number of fused-ring (bicyclic) bond motifs is 3. The van der Waals surface area contributed by atoms with Gasteiger partial charge in [0.05, 0.1) is 12.7 Å². The first-order valence-electron chi connectivity index (χ1n) is 6.16. The van der Waals surface area contributed by atoms with E-state index in [1.807, 2.05) is 4.57 Å². The molecule has 0 amide bonds. The third-order valence-electron chi connectivity index (χ3n) is 3.86. The Morgan fingerprint density at radius 1 is 1.26 bits per heavy atom. The topological polar surface area (TPSA) is 65.4 Å². The predicted molar refractivity (Wildman–Crippen MR) is 66.5 cm³/mol. The van der Waals surface area contributed by atoms with E-state index in [0.717, 1.165) is 18.5 Å². The summed E-state index contributed by atoms with van der Waals surface area (Å²) in [6.07, 6.45) is 2.29. The van der Waals surface area contributed by atoms with Crippen molar-refractivity contribution >= 4 is 17.9 Å². The summed E-state index contributed by atoms with van der Waals surface area (Å²) in [7, 11) is 1.36. The van der Waals surface area contributed by atoms with Crippen LogP contribution in [0.5, 0.6) is 0 Å². The van der Waals surface area contributed by atoms with Crippen molar-refractivity contribution in [2.75, 3.05) is 7.11 Å². The van der Waals surface area contributed by atoms with Crippen molar-refractivity contribution in [3.05, 3.63) is 33.8 Å². The second-order valence-corrected chi connectivity index (χ2v) is 4.77. The molecule has 1 aliphatic heterocycles. The van der Waals surface area contributed by atoms with Gasteiger partial charge in [-0.15, -0.1) is 0 Å². The number of aldehydes is 1. The minimum atomic E-state index is -0.362. The summed E-state index contributed by atoms with van der Waals surface area (Å²) in [5, 5.41) is 0. The van der Waals surface area contributed by atoms with Gasteiger partial charge in [0.15, 0.2) is 12.0 Å². The number of nitrogens with zero attached hydrogens (tertiary/aromatic N) is 1. The number of allylic oxidation sites excluding steroid dienone is 2. The number of methoxy groups -OCH3 is 1. The molecule has 19 heavy (non-hydrogen) atoms. The molecule has 0 radical (unpaired) electrons. The lowest BCUT2D eigenvalue weighted by molar-refractivity contribution is 0.0900. The molecule has 0 unspecified atom stereocenters. The fourth-order valence-electron chi connectivity index (χ4n) is 3.01. The Balaban J connectivity index is 2.35. The highest BCUT2D eigenvalue weighted by Gasteiger charge is 2.39. The van der Waals surface area contributed by atoms with Crippen molar-refractivity contribution in [2.45, 2.75) is 26.3 Å². The van der Waals surface area contributed by atoms with E-state index in [1.165, 1.54) is 7.11 Å². The van der Waals surface area contributed by atoms with Gasteiger partial charge in [0.1, 0.15) is 5.69 Å². The highest BCUT2D eigenvalue weighted by Crippen LogP contribution is 2.35. The molecule has 0 saturated carbocycles. The molecule has 3 rings (SSSR count). The molecule has 1 aliphatic carbocycles. The van der Waals surface area contributed by atoms with Crippen LogP contribution in [0.3, 0.4) is 0 Å². The zero-order valence-corrected chi connectivity index (χ0v) is 10.8. The van der Waals surface area contributed by atoms with Gasteiger partial charge >= 0.3 is 0 Å². The van der Waals surface area contributed by atoms with E-state index in [-0.39, 0.29) is 22.9 Å². The minimum absolute atomic E-state index is 0.0462. The van der Waals surface area contributed by atoms with E-state index in [9.17, 15) is 14.4 Å². The Kier molecular flexibility index (Phi) is 2.45. The average Bonchev–Trinajstić information content (AvgIpc) is 2.96. The fraction of sp³-hybridized carbons (Fsp3) is 0.357. The van der Waals surface area contributed by atoms with Gasteiger partial charge in [0.2, 0.25) is 11.6 Å². The SMILES string of the molecule is COC1=C(C)C(=O)c2c(c(C=O)c3n2CCC3)C1=O. The third kappa shape index (κ3) is 1.32. The van der Waals surface area contributed by atoms with E-state index in [1.54, 1.807) is 6.92 Å². The van der Waals surface area contributed by atoms with Crippen LogP contribution in [0.1, 0.15) is 50.2 Å². The normalized spacial score (nSPS) is 17.6. The number of rotatable bonds is 2. The number of aromatic nitrogens is 1. The molecule has 5 nitrogen and oxygen atoms in total. The molecule has 1 aromatic heterocycles. The summed E-state index contributed by atoms with van der Waals surface area (Å²) in [6.45, 7) is 2.26. The van der Waals surface area contributed by atoms with Crippen molar-refractivity contribution in [3.63, 3.8) is 0 Å². The molecular formula is C14H13NO4. The number of hydrogen-bond acceptors (Lipinski definition) is 4. The van der Waals surface area contributed by atoms with Gasteiger partial charge in [-0.2, -0.15) is 0 Å². The van der Waals surface area contributed by atoms with Crippen molar-refractivity contribution in [1.82, 2.24) is 4.57 Å². The summed E-state index contributed by atoms with van der Waals surface area (Å²) in [5.74, 6) is -0.536. The molecule has 1 aromatic rings. The summed E-state index contributed by atoms with van der Waals surface area (Å²) in [4.78, 5) is 36.1. The van der Waals surface area contributed by atoms with Gasteiger partial charge in [-0.1, -0.05) is 0 Å². The van der Waals surface area contributed by atoms with Crippen LogP contribution in [0, 0.1) is 0 Å². The highest BCUT2D eigenvalue weighted by molar-refractivity contribution is 6.27. The molecule has 2 aliphatic rings. The maximum atomic E-state index is 12.4. The number of carbonyl (C=O) groups excluding carboxylic acids is 3. The van der Waals surface area contributed by atoms with Crippen molar-refractivity contribution in [3.8, 4) is 0 Å². The monoisotopic (exact) mass is 259 g/mol. The van der Waals surface area contributed by atoms with Crippen molar-refractivity contribution in [1.29, 1.82) is 0 Å². The smallest absolute Gasteiger partial charge is 0.230 e. The summed E-state index contributed by atoms with van der Waals surface area (Å²) >= 11 is 0. The Morgan fingerprint density at radius 3 is 2.63 bits per heavy atom. The Hall–Kier alpha value is -2.17. The first-order valence-corrected chi connectivity index (χ1v) is 6.16. The van der Waals surface area contributed by atoms with Crippen LogP contribution in [0.25, 0.3) is 0 Å². The Bertz CT molecular complexity index is 663. The fourth-order valence-corrected chi connectivity index (χ4v) is 3.01.